The number of aromatic nitrogens is 2. The molecule has 3 atom stereocenters. The van der Waals surface area contributed by atoms with Crippen LogP contribution in [0, 0.1) is 17.7 Å². The normalized spacial score (nSPS) is 18.3. The van der Waals surface area contributed by atoms with Gasteiger partial charge in [0.2, 0.25) is 17.7 Å². The number of hydrogen-bond donors (Lipinski definition) is 4. The summed E-state index contributed by atoms with van der Waals surface area (Å²) in [7, 11) is 0.688. The molecule has 15 nitrogen and oxygen atoms in total. The molecule has 298 valence electrons. The maximum Gasteiger partial charge on any atom is 0.408 e. The number of rotatable bonds is 12. The first kappa shape index (κ1) is 44.9. The minimum atomic E-state index is -3.65. The van der Waals surface area contributed by atoms with Gasteiger partial charge in [-0.25, -0.2) is 18.7 Å². The summed E-state index contributed by atoms with van der Waals surface area (Å²) in [6.45, 7) is 11.6. The molecule has 0 radical (unpaired) electrons. The van der Waals surface area contributed by atoms with E-state index in [1.54, 1.807) is 38.5 Å². The summed E-state index contributed by atoms with van der Waals surface area (Å²) in [6, 6.07) is 3.93. The van der Waals surface area contributed by atoms with Crippen molar-refractivity contribution in [2.75, 3.05) is 34.2 Å². The van der Waals surface area contributed by atoms with Crippen LogP contribution in [0.4, 0.5) is 9.18 Å². The second kappa shape index (κ2) is 20.3. The van der Waals surface area contributed by atoms with Crippen molar-refractivity contribution in [2.45, 2.75) is 104 Å². The number of fused-ring (bicyclic) bond motifs is 1. The fourth-order valence-corrected chi connectivity index (χ4v) is 6.08. The standard InChI is InChI=1S/C13H23N3O4.C13H24N2O3S.C10H11FN2O/c1-13(2,3)20-12(19)15-8-10(17)16-7-5-6-9(16)11(18)14-4;1-4-5-6-7-8-9-11-10-12(11)13(16)14-19(17,18)15(2)3;1-6(2)13-9-4-3-7(11)5-8(9)12-10(13)14/h9H,5-8H2,1-4H3,(H,14,18)(H,15,19);8-9,11-12H,4-7,10H2,1-3H3,(H,14,16);3-6H,1-2H3,(H,12,14)/b;9-8-;. The van der Waals surface area contributed by atoms with Crippen LogP contribution in [0.25, 0.3) is 11.0 Å². The Labute approximate surface area is 312 Å². The monoisotopic (exact) mass is 767 g/mol. The van der Waals surface area contributed by atoms with Crippen molar-refractivity contribution >= 4 is 45.1 Å². The fourth-order valence-electron chi connectivity index (χ4n) is 5.49. The van der Waals surface area contributed by atoms with Gasteiger partial charge in [0, 0.05) is 39.6 Å². The third-order valence-electron chi connectivity index (χ3n) is 8.34. The summed E-state index contributed by atoms with van der Waals surface area (Å²) < 4.78 is 45.6. The van der Waals surface area contributed by atoms with Crippen molar-refractivity contribution in [3.63, 3.8) is 0 Å². The maximum atomic E-state index is 12.8. The SMILES string of the molecule is CC(C)n1c(=O)[nH]c2cc(F)ccc21.CCCCC/C=C\C1CC1C(=O)NS(=O)(=O)N(C)C.CNC(=O)C1CCCN1C(=O)CNC(=O)OC(C)(C)C. The molecule has 1 aromatic heterocycles. The molecule has 53 heavy (non-hydrogen) atoms. The van der Waals surface area contributed by atoms with Gasteiger partial charge in [0.25, 0.3) is 0 Å². The molecule has 2 fully saturated rings. The van der Waals surface area contributed by atoms with Gasteiger partial charge in [-0.15, -0.1) is 0 Å². The number of allylic oxidation sites excluding steroid dienone is 2. The molecule has 4 N–H and O–H groups in total. The second-order valence-electron chi connectivity index (χ2n) is 14.5. The van der Waals surface area contributed by atoms with Gasteiger partial charge in [-0.2, -0.15) is 12.7 Å². The van der Waals surface area contributed by atoms with Crippen molar-refractivity contribution in [1.82, 2.24) is 34.1 Å². The molecule has 1 aliphatic heterocycles. The molecular weight excluding hydrogens is 710 g/mol. The number of alkyl carbamates (subject to hydrolysis) is 1. The van der Waals surface area contributed by atoms with Crippen molar-refractivity contribution in [3.8, 4) is 0 Å². The van der Waals surface area contributed by atoms with Crippen LogP contribution in [0.3, 0.4) is 0 Å². The maximum absolute atomic E-state index is 12.8. The summed E-state index contributed by atoms with van der Waals surface area (Å²) in [5.74, 6) is -1.15. The minimum Gasteiger partial charge on any atom is -0.444 e. The van der Waals surface area contributed by atoms with Crippen LogP contribution in [0.1, 0.15) is 92.5 Å². The highest BCUT2D eigenvalue weighted by atomic mass is 32.2. The van der Waals surface area contributed by atoms with Gasteiger partial charge in [-0.3, -0.25) is 19.0 Å². The first-order chi connectivity index (χ1) is 24.7. The summed E-state index contributed by atoms with van der Waals surface area (Å²) in [5.41, 5.74) is 0.487. The van der Waals surface area contributed by atoms with Crippen LogP contribution in [0.2, 0.25) is 0 Å². The number of likely N-dealkylation sites (tertiary alicyclic amines) is 1. The third kappa shape index (κ3) is 14.6. The van der Waals surface area contributed by atoms with E-state index in [1.807, 2.05) is 19.9 Å². The number of nitrogens with zero attached hydrogens (tertiary/aromatic N) is 3. The lowest BCUT2D eigenvalue weighted by molar-refractivity contribution is -0.137. The number of likely N-dealkylation sites (N-methyl/N-ethyl adjacent to an activating group) is 1. The number of unbranched alkanes of at least 4 members (excludes halogenated alkanes) is 3. The van der Waals surface area contributed by atoms with Gasteiger partial charge in [-0.1, -0.05) is 31.9 Å². The molecule has 3 unspecified atom stereocenters. The van der Waals surface area contributed by atoms with E-state index in [-0.39, 0.29) is 47.7 Å². The zero-order valence-corrected chi connectivity index (χ0v) is 33.3. The van der Waals surface area contributed by atoms with Gasteiger partial charge in [-0.05, 0) is 90.8 Å². The highest BCUT2D eigenvalue weighted by Crippen LogP contribution is 2.40. The van der Waals surface area contributed by atoms with E-state index in [0.717, 1.165) is 29.1 Å². The summed E-state index contributed by atoms with van der Waals surface area (Å²) in [6.07, 6.45) is 10.3. The summed E-state index contributed by atoms with van der Waals surface area (Å²) in [4.78, 5) is 62.4. The lowest BCUT2D eigenvalue weighted by atomic mass is 10.2. The number of benzene rings is 1. The van der Waals surface area contributed by atoms with Crippen molar-refractivity contribution in [3.05, 3.63) is 46.7 Å². The molecule has 0 bridgehead atoms. The van der Waals surface area contributed by atoms with Gasteiger partial charge in [0.05, 0.1) is 11.0 Å². The van der Waals surface area contributed by atoms with Crippen molar-refractivity contribution in [2.24, 2.45) is 11.8 Å². The van der Waals surface area contributed by atoms with E-state index in [0.29, 0.717) is 18.5 Å². The zero-order valence-electron chi connectivity index (χ0n) is 32.5. The van der Waals surface area contributed by atoms with E-state index in [4.69, 9.17) is 4.74 Å². The zero-order chi connectivity index (χ0) is 40.1. The van der Waals surface area contributed by atoms with Crippen LogP contribution >= 0.6 is 0 Å². The molecule has 1 saturated heterocycles. The molecular formula is C36H58FN7O8S. The smallest absolute Gasteiger partial charge is 0.408 e. The van der Waals surface area contributed by atoms with Gasteiger partial charge in [0.1, 0.15) is 24.0 Å². The Bertz CT molecular complexity index is 1750. The summed E-state index contributed by atoms with van der Waals surface area (Å²) >= 11 is 0. The number of halogens is 1. The lowest BCUT2D eigenvalue weighted by Gasteiger charge is -2.24. The average Bonchev–Trinajstić information content (AvgIpc) is 3.52. The molecule has 4 rings (SSSR count). The largest absolute Gasteiger partial charge is 0.444 e. The first-order valence-corrected chi connectivity index (χ1v) is 19.4. The molecule has 1 saturated carbocycles. The van der Waals surface area contributed by atoms with Crippen molar-refractivity contribution in [1.29, 1.82) is 0 Å². The molecule has 2 aromatic rings. The number of imidazole rings is 1. The van der Waals surface area contributed by atoms with E-state index in [1.165, 1.54) is 50.4 Å². The van der Waals surface area contributed by atoms with Gasteiger partial charge >= 0.3 is 22.0 Å². The Balaban J connectivity index is 0.000000279. The average molecular weight is 768 g/mol. The Morgan fingerprint density at radius 3 is 2.40 bits per heavy atom. The lowest BCUT2D eigenvalue weighted by Crippen LogP contribution is -2.48. The number of carbonyl (C=O) groups excluding carboxylic acids is 4. The molecule has 1 aromatic carbocycles. The Morgan fingerprint density at radius 2 is 1.81 bits per heavy atom. The molecule has 17 heteroatoms. The first-order valence-electron chi connectivity index (χ1n) is 18.0. The number of carbonyl (C=O) groups is 4. The fraction of sp³-hybridized carbons (Fsp3) is 0.639. The van der Waals surface area contributed by atoms with Crippen molar-refractivity contribution < 1.29 is 36.7 Å². The second-order valence-corrected chi connectivity index (χ2v) is 16.3. The quantitative estimate of drug-likeness (QED) is 0.184. The van der Waals surface area contributed by atoms with E-state index in [9.17, 15) is 36.8 Å². The molecule has 2 heterocycles. The van der Waals surface area contributed by atoms with Crippen LogP contribution in [0.5, 0.6) is 0 Å². The number of nitrogens with one attached hydrogen (secondary N) is 4. The topological polar surface area (TPSA) is 192 Å². The Morgan fingerprint density at radius 1 is 1.13 bits per heavy atom. The van der Waals surface area contributed by atoms with Crippen LogP contribution in [-0.2, 0) is 29.3 Å². The van der Waals surface area contributed by atoms with Crippen LogP contribution in [0.15, 0.2) is 35.1 Å². The van der Waals surface area contributed by atoms with Gasteiger partial charge in [0.15, 0.2) is 0 Å². The highest BCUT2D eigenvalue weighted by molar-refractivity contribution is 7.87. The highest BCUT2D eigenvalue weighted by Gasteiger charge is 2.42. The predicted octanol–water partition coefficient (Wildman–Crippen LogP) is 3.98. The molecule has 2 aliphatic rings. The Hall–Kier alpha value is -4.25. The molecule has 4 amide bonds. The van der Waals surface area contributed by atoms with Gasteiger partial charge < -0.3 is 25.3 Å². The summed E-state index contributed by atoms with van der Waals surface area (Å²) in [5, 5.41) is 4.95. The molecule has 0 spiro atoms. The molecule has 1 aliphatic carbocycles. The Kier molecular flexibility index (Phi) is 17.2. The minimum absolute atomic E-state index is 0.0710. The van der Waals surface area contributed by atoms with E-state index in [2.05, 4.69) is 33.3 Å². The number of aromatic amines is 1. The number of H-pyrrole nitrogens is 1. The number of amides is 4. The number of ether oxygens (including phenoxy) is 1. The predicted molar refractivity (Wildman–Crippen MR) is 202 cm³/mol. The number of hydrogen-bond acceptors (Lipinski definition) is 8. The third-order valence-corrected chi connectivity index (χ3v) is 9.77. The van der Waals surface area contributed by atoms with Crippen LogP contribution in [-0.4, -0.2) is 96.9 Å². The van der Waals surface area contributed by atoms with E-state index < -0.39 is 33.9 Å². The van der Waals surface area contributed by atoms with Crippen LogP contribution < -0.4 is 21.0 Å². The van der Waals surface area contributed by atoms with E-state index >= 15 is 0 Å².